The number of halogens is 3. The number of fused-ring (bicyclic) bond motifs is 1. The van der Waals surface area contributed by atoms with Gasteiger partial charge in [-0.25, -0.2) is 9.97 Å². The maximum Gasteiger partial charge on any atom is 0.416 e. The molecule has 1 aliphatic heterocycles. The van der Waals surface area contributed by atoms with Gasteiger partial charge in [-0.2, -0.15) is 13.2 Å². The molecule has 1 unspecified atom stereocenters. The Kier molecular flexibility index (Phi) is 6.24. The zero-order valence-electron chi connectivity index (χ0n) is 19.4. The highest BCUT2D eigenvalue weighted by molar-refractivity contribution is 5.95. The van der Waals surface area contributed by atoms with Crippen molar-refractivity contribution in [3.8, 4) is 11.3 Å². The van der Waals surface area contributed by atoms with Gasteiger partial charge in [-0.15, -0.1) is 0 Å². The number of amides is 1. The van der Waals surface area contributed by atoms with Crippen molar-refractivity contribution in [1.29, 1.82) is 0 Å². The van der Waals surface area contributed by atoms with Gasteiger partial charge < -0.3 is 15.3 Å². The van der Waals surface area contributed by atoms with E-state index in [9.17, 15) is 27.9 Å². The molecule has 3 aromatic carbocycles. The first-order chi connectivity index (χ1) is 17.7. The number of carbonyl (C=O) groups excluding carboxylic acids is 1. The molecular weight excluding hydrogens is 485 g/mol. The number of carbonyl (C=O) groups is 2. The van der Waals surface area contributed by atoms with E-state index >= 15 is 0 Å². The molecule has 0 saturated carbocycles. The molecule has 1 aromatic heterocycles. The van der Waals surface area contributed by atoms with Gasteiger partial charge in [0.2, 0.25) is 0 Å². The highest BCUT2D eigenvalue weighted by Crippen LogP contribution is 2.34. The van der Waals surface area contributed by atoms with Crippen LogP contribution in [0, 0.1) is 5.92 Å². The van der Waals surface area contributed by atoms with E-state index in [0.29, 0.717) is 35.4 Å². The molecule has 1 amide bonds. The minimum Gasteiger partial charge on any atom is -0.481 e. The number of alkyl halides is 3. The number of nitrogens with zero attached hydrogens (tertiary/aromatic N) is 3. The number of hydrogen-bond acceptors (Lipinski definition) is 5. The van der Waals surface area contributed by atoms with Gasteiger partial charge in [0.05, 0.1) is 22.5 Å². The molecular formula is C27H21F3N4O3. The molecule has 37 heavy (non-hydrogen) atoms. The second-order valence-electron chi connectivity index (χ2n) is 8.77. The van der Waals surface area contributed by atoms with Crippen molar-refractivity contribution in [2.24, 2.45) is 5.92 Å². The largest absolute Gasteiger partial charge is 0.481 e. The van der Waals surface area contributed by atoms with Gasteiger partial charge in [0, 0.05) is 29.9 Å². The van der Waals surface area contributed by atoms with E-state index in [-0.39, 0.29) is 23.8 Å². The zero-order chi connectivity index (χ0) is 26.2. The van der Waals surface area contributed by atoms with Crippen LogP contribution >= 0.6 is 0 Å². The smallest absolute Gasteiger partial charge is 0.416 e. The molecule has 0 radical (unpaired) electrons. The SMILES string of the molecule is O=C(O)C1CCN(C(=O)c2ccc(Nc3nc4cc(C(F)(F)F)ccc4nc3-c3ccccc3)cc2)C1. The average Bonchev–Trinajstić information content (AvgIpc) is 3.39. The summed E-state index contributed by atoms with van der Waals surface area (Å²) < 4.78 is 39.8. The Balaban J connectivity index is 1.45. The van der Waals surface area contributed by atoms with Crippen LogP contribution in [0.25, 0.3) is 22.3 Å². The lowest BCUT2D eigenvalue weighted by Crippen LogP contribution is -2.29. The predicted molar refractivity (Wildman–Crippen MR) is 131 cm³/mol. The van der Waals surface area contributed by atoms with Crippen LogP contribution in [0.5, 0.6) is 0 Å². The van der Waals surface area contributed by atoms with Gasteiger partial charge in [-0.1, -0.05) is 30.3 Å². The lowest BCUT2D eigenvalue weighted by atomic mass is 10.1. The third kappa shape index (κ3) is 5.09. The summed E-state index contributed by atoms with van der Waals surface area (Å²) in [5, 5.41) is 12.3. The quantitative estimate of drug-likeness (QED) is 0.366. The predicted octanol–water partition coefficient (Wildman–Crippen LogP) is 5.61. The van der Waals surface area contributed by atoms with Crippen molar-refractivity contribution >= 4 is 34.4 Å². The summed E-state index contributed by atoms with van der Waals surface area (Å²) in [7, 11) is 0. The van der Waals surface area contributed by atoms with E-state index in [1.54, 1.807) is 24.3 Å². The molecule has 1 aliphatic rings. The van der Waals surface area contributed by atoms with E-state index in [4.69, 9.17) is 0 Å². The fraction of sp³-hybridized carbons (Fsp3) is 0.185. The Morgan fingerprint density at radius 1 is 0.946 bits per heavy atom. The Bertz CT molecular complexity index is 1470. The minimum atomic E-state index is -4.51. The lowest BCUT2D eigenvalue weighted by Gasteiger charge is -2.16. The topological polar surface area (TPSA) is 95.4 Å². The van der Waals surface area contributed by atoms with Crippen molar-refractivity contribution in [1.82, 2.24) is 14.9 Å². The number of carboxylic acids is 1. The third-order valence-corrected chi connectivity index (χ3v) is 6.26. The van der Waals surface area contributed by atoms with Crippen LogP contribution in [-0.2, 0) is 11.0 Å². The van der Waals surface area contributed by atoms with Crippen molar-refractivity contribution in [3.63, 3.8) is 0 Å². The average molecular weight is 506 g/mol. The molecule has 0 spiro atoms. The van der Waals surface area contributed by atoms with Crippen molar-refractivity contribution in [2.45, 2.75) is 12.6 Å². The minimum absolute atomic E-state index is 0.0887. The molecule has 2 N–H and O–H groups in total. The number of anilines is 2. The molecule has 4 aromatic rings. The Morgan fingerprint density at radius 3 is 2.32 bits per heavy atom. The number of hydrogen-bond donors (Lipinski definition) is 2. The van der Waals surface area contributed by atoms with Gasteiger partial charge in [-0.05, 0) is 48.9 Å². The number of aromatic nitrogens is 2. The van der Waals surface area contributed by atoms with Crippen LogP contribution in [0.2, 0.25) is 0 Å². The zero-order valence-corrected chi connectivity index (χ0v) is 19.4. The summed E-state index contributed by atoms with van der Waals surface area (Å²) in [6.45, 7) is 0.546. The molecule has 1 atom stereocenters. The number of aliphatic carboxylic acids is 1. The monoisotopic (exact) mass is 506 g/mol. The van der Waals surface area contributed by atoms with Crippen molar-refractivity contribution in [2.75, 3.05) is 18.4 Å². The summed E-state index contributed by atoms with van der Waals surface area (Å²) in [6.07, 6.45) is -4.09. The maximum atomic E-state index is 13.3. The van der Waals surface area contributed by atoms with Gasteiger partial charge >= 0.3 is 12.1 Å². The molecule has 0 aliphatic carbocycles. The first-order valence-corrected chi connectivity index (χ1v) is 11.5. The molecule has 5 rings (SSSR count). The third-order valence-electron chi connectivity index (χ3n) is 6.26. The highest BCUT2D eigenvalue weighted by Gasteiger charge is 2.32. The normalized spacial score (nSPS) is 15.6. The van der Waals surface area contributed by atoms with Crippen LogP contribution in [-0.4, -0.2) is 44.9 Å². The van der Waals surface area contributed by atoms with E-state index in [1.165, 1.54) is 11.0 Å². The standard InChI is InChI=1S/C27H21F3N4O3/c28-27(29,30)19-8-11-21-22(14-19)33-24(23(32-21)16-4-2-1-3-5-16)31-20-9-6-17(7-10-20)25(35)34-13-12-18(15-34)26(36)37/h1-11,14,18H,12-13,15H2,(H,31,33)(H,36,37). The summed E-state index contributed by atoms with van der Waals surface area (Å²) >= 11 is 0. The number of likely N-dealkylation sites (tertiary alicyclic amines) is 1. The number of nitrogens with one attached hydrogen (secondary N) is 1. The van der Waals surface area contributed by atoms with Gasteiger partial charge in [0.25, 0.3) is 5.91 Å². The van der Waals surface area contributed by atoms with E-state index in [2.05, 4.69) is 15.3 Å². The van der Waals surface area contributed by atoms with Crippen molar-refractivity contribution in [3.05, 3.63) is 83.9 Å². The van der Waals surface area contributed by atoms with Crippen LogP contribution in [0.1, 0.15) is 22.3 Å². The summed E-state index contributed by atoms with van der Waals surface area (Å²) in [5.41, 5.74) is 1.74. The molecule has 10 heteroatoms. The molecule has 1 saturated heterocycles. The Hall–Kier alpha value is -4.47. The number of benzene rings is 3. The molecule has 2 heterocycles. The highest BCUT2D eigenvalue weighted by atomic mass is 19.4. The van der Waals surface area contributed by atoms with Gasteiger partial charge in [-0.3, -0.25) is 9.59 Å². The van der Waals surface area contributed by atoms with E-state index < -0.39 is 23.6 Å². The fourth-order valence-electron chi connectivity index (χ4n) is 4.28. The Morgan fingerprint density at radius 2 is 1.68 bits per heavy atom. The fourth-order valence-corrected chi connectivity index (χ4v) is 4.28. The van der Waals surface area contributed by atoms with Crippen LogP contribution in [0.4, 0.5) is 24.7 Å². The van der Waals surface area contributed by atoms with Gasteiger partial charge in [0.15, 0.2) is 5.82 Å². The summed E-state index contributed by atoms with van der Waals surface area (Å²) in [5.74, 6) is -1.47. The molecule has 0 bridgehead atoms. The maximum absolute atomic E-state index is 13.3. The molecule has 188 valence electrons. The van der Waals surface area contributed by atoms with E-state index in [0.717, 1.165) is 17.7 Å². The summed E-state index contributed by atoms with van der Waals surface area (Å²) in [6, 6.07) is 18.9. The van der Waals surface area contributed by atoms with E-state index in [1.807, 2.05) is 30.3 Å². The first kappa shape index (κ1) is 24.2. The molecule has 1 fully saturated rings. The second-order valence-corrected chi connectivity index (χ2v) is 8.77. The first-order valence-electron chi connectivity index (χ1n) is 11.5. The van der Waals surface area contributed by atoms with Crippen LogP contribution < -0.4 is 5.32 Å². The van der Waals surface area contributed by atoms with Crippen LogP contribution in [0.15, 0.2) is 72.8 Å². The second kappa shape index (κ2) is 9.53. The van der Waals surface area contributed by atoms with Gasteiger partial charge in [0.1, 0.15) is 5.69 Å². The summed E-state index contributed by atoms with van der Waals surface area (Å²) in [4.78, 5) is 34.5. The lowest BCUT2D eigenvalue weighted by molar-refractivity contribution is -0.141. The van der Waals surface area contributed by atoms with Crippen molar-refractivity contribution < 1.29 is 27.9 Å². The van der Waals surface area contributed by atoms with Crippen LogP contribution in [0.3, 0.4) is 0 Å². The molecule has 7 nitrogen and oxygen atoms in total. The number of rotatable bonds is 5. The Labute approximate surface area is 209 Å². The number of carboxylic acid groups (broad SMARTS) is 1.